The number of aliphatic hydroxyl groups excluding tert-OH is 3. The summed E-state index contributed by atoms with van der Waals surface area (Å²) in [5.41, 5.74) is -8.46. The average molecular weight is 808 g/mol. The number of amides is 1. The molecule has 4 aliphatic rings. The summed E-state index contributed by atoms with van der Waals surface area (Å²) in [6.45, 7) is 11.9. The number of para-hydroxylation sites is 1. The first-order valence-corrected chi connectivity index (χ1v) is 19.3. The number of benzene rings is 2. The molecule has 2 bridgehead atoms. The lowest BCUT2D eigenvalue weighted by Crippen LogP contribution is -2.81. The number of hydrogen-bond acceptors (Lipinski definition) is 14. The van der Waals surface area contributed by atoms with Crippen molar-refractivity contribution in [2.24, 2.45) is 22.2 Å². The average Bonchev–Trinajstić information content (AvgIpc) is 3.15. The van der Waals surface area contributed by atoms with E-state index >= 15 is 0 Å². The van der Waals surface area contributed by atoms with Crippen LogP contribution in [0.25, 0.3) is 0 Å². The van der Waals surface area contributed by atoms with Gasteiger partial charge in [-0.25, -0.2) is 14.4 Å². The van der Waals surface area contributed by atoms with E-state index in [1.54, 1.807) is 83.1 Å². The third kappa shape index (κ3) is 7.00. The third-order valence-electron chi connectivity index (χ3n) is 12.9. The van der Waals surface area contributed by atoms with E-state index in [1.165, 1.54) is 26.0 Å². The van der Waals surface area contributed by atoms with Gasteiger partial charge in [0.15, 0.2) is 17.5 Å². The van der Waals surface area contributed by atoms with Gasteiger partial charge in [-0.05, 0) is 54.7 Å². The molecule has 2 aromatic carbocycles. The van der Waals surface area contributed by atoms with Crippen LogP contribution in [0.15, 0.2) is 71.8 Å². The van der Waals surface area contributed by atoms with E-state index in [2.05, 4.69) is 5.32 Å². The summed E-state index contributed by atoms with van der Waals surface area (Å²) >= 11 is 0. The van der Waals surface area contributed by atoms with Gasteiger partial charge in [0.25, 0.3) is 0 Å². The van der Waals surface area contributed by atoms with E-state index in [9.17, 15) is 44.4 Å². The first-order chi connectivity index (χ1) is 27.0. The number of rotatable bonds is 8. The maximum atomic E-state index is 14.9. The fourth-order valence-corrected chi connectivity index (χ4v) is 9.64. The van der Waals surface area contributed by atoms with Crippen LogP contribution in [0.1, 0.15) is 78.6 Å². The molecule has 58 heavy (non-hydrogen) atoms. The standard InChI is InChI=1S/C43H53NO14/c1-22-26(56-37(51)31(48)33(39(3,4)5)44-38(52)55-25-17-13-10-14-18-25)20-43(53)35(57-36(50)24-15-11-9-12-16-24)32-41(8,34(49)30(47)29(22)40(43,6)7)27(46)19-28-42(32,21-54-28)58-23(2)45/h9-18,26-28,30-33,35,46-48,53H,19-21H2,1-8H3,(H,44,52)/t26-,27-,28+,30+,31+,32-,33+,35-,41+,42-,43+/m0/s1. The molecule has 1 heterocycles. The lowest BCUT2D eigenvalue weighted by atomic mass is 9.44. The molecule has 15 heteroatoms. The zero-order valence-electron chi connectivity index (χ0n) is 33.9. The monoisotopic (exact) mass is 807 g/mol. The van der Waals surface area contributed by atoms with Crippen molar-refractivity contribution in [1.29, 1.82) is 0 Å². The van der Waals surface area contributed by atoms with Gasteiger partial charge in [-0.15, -0.1) is 0 Å². The number of ether oxygens (including phenoxy) is 5. The molecular weight excluding hydrogens is 754 g/mol. The van der Waals surface area contributed by atoms with Gasteiger partial charge in [-0.3, -0.25) is 9.59 Å². The highest BCUT2D eigenvalue weighted by atomic mass is 16.6. The highest BCUT2D eigenvalue weighted by Gasteiger charge is 2.78. The molecule has 1 amide bonds. The van der Waals surface area contributed by atoms with Gasteiger partial charge < -0.3 is 49.4 Å². The lowest BCUT2D eigenvalue weighted by Gasteiger charge is -2.67. The zero-order chi connectivity index (χ0) is 42.7. The van der Waals surface area contributed by atoms with E-state index in [4.69, 9.17) is 23.7 Å². The molecule has 2 aromatic rings. The molecule has 314 valence electrons. The van der Waals surface area contributed by atoms with Crippen LogP contribution in [-0.4, -0.2) is 111 Å². The SMILES string of the molecule is CC(=O)O[C@@]12CO[C@@H]1C[C@H](O)[C@@]1(C)C(=O)[C@H](O)C3=C(C)[C@@H](OC(=O)[C@H](O)[C@@H](NC(=O)Oc4ccccc4)C(C)(C)C)C[C@@](O)([C@@H](OC(=O)c4ccccc4)[C@H]21)C3(C)C. The molecule has 3 fully saturated rings. The summed E-state index contributed by atoms with van der Waals surface area (Å²) in [6, 6.07) is 14.7. The maximum Gasteiger partial charge on any atom is 0.412 e. The van der Waals surface area contributed by atoms with Gasteiger partial charge in [0.1, 0.15) is 35.8 Å². The van der Waals surface area contributed by atoms with Crippen molar-refractivity contribution < 1.29 is 68.1 Å². The van der Waals surface area contributed by atoms with E-state index < -0.39 is 112 Å². The molecular formula is C43H53NO14. The van der Waals surface area contributed by atoms with Gasteiger partial charge in [-0.1, -0.05) is 71.0 Å². The topological polar surface area (TPSA) is 224 Å². The van der Waals surface area contributed by atoms with Gasteiger partial charge in [0.2, 0.25) is 0 Å². The minimum atomic E-state index is -2.35. The van der Waals surface area contributed by atoms with Crippen molar-refractivity contribution in [3.8, 4) is 5.75 Å². The third-order valence-corrected chi connectivity index (χ3v) is 12.9. The number of hydrogen-bond donors (Lipinski definition) is 5. The fraction of sp³-hybridized carbons (Fsp3) is 0.558. The number of ketones is 1. The van der Waals surface area contributed by atoms with E-state index in [0.29, 0.717) is 0 Å². The second-order valence-electron chi connectivity index (χ2n) is 17.7. The molecule has 0 spiro atoms. The molecule has 15 nitrogen and oxygen atoms in total. The summed E-state index contributed by atoms with van der Waals surface area (Å²) in [5, 5.41) is 51.5. The van der Waals surface area contributed by atoms with Crippen LogP contribution < -0.4 is 10.1 Å². The van der Waals surface area contributed by atoms with Gasteiger partial charge in [-0.2, -0.15) is 0 Å². The Kier molecular flexibility index (Phi) is 11.2. The predicted molar refractivity (Wildman–Crippen MR) is 204 cm³/mol. The summed E-state index contributed by atoms with van der Waals surface area (Å²) < 4.78 is 29.4. The second kappa shape index (κ2) is 15.2. The van der Waals surface area contributed by atoms with Crippen LogP contribution in [-0.2, 0) is 33.3 Å². The lowest BCUT2D eigenvalue weighted by molar-refractivity contribution is -0.346. The van der Waals surface area contributed by atoms with Gasteiger partial charge in [0, 0.05) is 25.2 Å². The smallest absolute Gasteiger partial charge is 0.412 e. The Morgan fingerprint density at radius 1 is 0.948 bits per heavy atom. The van der Waals surface area contributed by atoms with E-state index in [1.807, 2.05) is 0 Å². The Hall–Kier alpha value is -4.67. The van der Waals surface area contributed by atoms with E-state index in [-0.39, 0.29) is 35.5 Å². The van der Waals surface area contributed by atoms with Crippen molar-refractivity contribution in [2.75, 3.05) is 6.61 Å². The molecule has 0 unspecified atom stereocenters. The number of fused-ring (bicyclic) bond motifs is 5. The van der Waals surface area contributed by atoms with Crippen molar-refractivity contribution >= 4 is 29.8 Å². The Morgan fingerprint density at radius 3 is 2.10 bits per heavy atom. The Balaban J connectivity index is 1.45. The second-order valence-corrected chi connectivity index (χ2v) is 17.7. The summed E-state index contributed by atoms with van der Waals surface area (Å²) in [6.07, 6.45) is -11.4. The highest BCUT2D eigenvalue weighted by Crippen LogP contribution is 2.64. The van der Waals surface area contributed by atoms with Crippen molar-refractivity contribution in [2.45, 2.75) is 122 Å². The zero-order valence-corrected chi connectivity index (χ0v) is 33.9. The minimum Gasteiger partial charge on any atom is -0.456 e. The van der Waals surface area contributed by atoms with Crippen LogP contribution >= 0.6 is 0 Å². The quantitative estimate of drug-likeness (QED) is 0.147. The molecule has 1 saturated heterocycles. The Labute approximate surface area is 336 Å². The van der Waals surface area contributed by atoms with Crippen LogP contribution in [0.3, 0.4) is 0 Å². The number of esters is 3. The normalized spacial score (nSPS) is 33.7. The summed E-state index contributed by atoms with van der Waals surface area (Å²) in [4.78, 5) is 68.8. The molecule has 6 rings (SSSR count). The minimum absolute atomic E-state index is 0.0587. The van der Waals surface area contributed by atoms with Gasteiger partial charge in [0.05, 0.1) is 35.6 Å². The number of carbonyl (C=O) groups is 5. The van der Waals surface area contributed by atoms with Gasteiger partial charge >= 0.3 is 24.0 Å². The number of nitrogens with one attached hydrogen (secondary N) is 1. The van der Waals surface area contributed by atoms with Crippen molar-refractivity contribution in [3.63, 3.8) is 0 Å². The molecule has 11 atom stereocenters. The Morgan fingerprint density at radius 2 is 1.55 bits per heavy atom. The molecule has 5 N–H and O–H groups in total. The van der Waals surface area contributed by atoms with Crippen LogP contribution in [0.5, 0.6) is 5.75 Å². The Bertz CT molecular complexity index is 1980. The van der Waals surface area contributed by atoms with Crippen molar-refractivity contribution in [1.82, 2.24) is 5.32 Å². The maximum absolute atomic E-state index is 14.9. The molecule has 3 aliphatic carbocycles. The molecule has 2 saturated carbocycles. The van der Waals surface area contributed by atoms with Crippen LogP contribution in [0.2, 0.25) is 0 Å². The van der Waals surface area contributed by atoms with E-state index in [0.717, 1.165) is 6.92 Å². The number of aliphatic hydroxyl groups is 4. The number of Topliss-reactive ketones (excluding diaryl/α,β-unsaturated/α-hetero) is 1. The molecule has 1 aliphatic heterocycles. The first-order valence-electron chi connectivity index (χ1n) is 19.3. The first kappa shape index (κ1) is 42.9. The number of carbonyl (C=O) groups excluding carboxylic acids is 5. The molecule has 0 radical (unpaired) electrons. The largest absolute Gasteiger partial charge is 0.456 e. The van der Waals surface area contributed by atoms with Crippen molar-refractivity contribution in [3.05, 3.63) is 77.4 Å². The fourth-order valence-electron chi connectivity index (χ4n) is 9.64. The van der Waals surface area contributed by atoms with Crippen LogP contribution in [0, 0.1) is 22.2 Å². The highest BCUT2D eigenvalue weighted by molar-refractivity contribution is 5.94. The summed E-state index contributed by atoms with van der Waals surface area (Å²) in [5.74, 6) is -5.11. The summed E-state index contributed by atoms with van der Waals surface area (Å²) in [7, 11) is 0. The molecule has 0 aromatic heterocycles. The van der Waals surface area contributed by atoms with Crippen LogP contribution in [0.4, 0.5) is 4.79 Å². The predicted octanol–water partition coefficient (Wildman–Crippen LogP) is 3.20.